The maximum Gasteiger partial charge on any atom is 0.142 e. The van der Waals surface area contributed by atoms with E-state index in [1.807, 2.05) is 6.92 Å². The molecule has 1 aliphatic carbocycles. The van der Waals surface area contributed by atoms with Gasteiger partial charge in [0, 0.05) is 11.6 Å². The molecule has 2 rings (SSSR count). The number of rotatable bonds is 2. The van der Waals surface area contributed by atoms with Crippen molar-refractivity contribution in [1.29, 1.82) is 0 Å². The molecule has 0 saturated heterocycles. The smallest absolute Gasteiger partial charge is 0.142 e. The molecule has 0 heterocycles. The number of nitrogens with one attached hydrogen (secondary N) is 1. The van der Waals surface area contributed by atoms with Gasteiger partial charge in [0.1, 0.15) is 11.6 Å². The Morgan fingerprint density at radius 2 is 2.25 bits per heavy atom. The van der Waals surface area contributed by atoms with Crippen LogP contribution < -0.4 is 5.32 Å². The van der Waals surface area contributed by atoms with Crippen LogP contribution in [0, 0.1) is 11.6 Å². The average molecular weight is 290 g/mol. The van der Waals surface area contributed by atoms with Gasteiger partial charge in [-0.1, -0.05) is 6.92 Å². The standard InChI is InChI=1S/C12H14BrF2N/c1-2-16-10-5-3-4-7-9(14)6-8(13)12(15)11(7)10/h6,10,16H,2-5H2,1H3. The topological polar surface area (TPSA) is 12.0 Å². The van der Waals surface area contributed by atoms with Crippen LogP contribution in [0.2, 0.25) is 0 Å². The Morgan fingerprint density at radius 1 is 1.50 bits per heavy atom. The SMILES string of the molecule is CCNC1CCCc2c(F)cc(Br)c(F)c21. The molecule has 0 radical (unpaired) electrons. The minimum Gasteiger partial charge on any atom is -0.310 e. The Labute approximate surface area is 102 Å². The predicted octanol–water partition coefficient (Wildman–Crippen LogP) is 3.71. The van der Waals surface area contributed by atoms with Crippen LogP contribution in [0.1, 0.15) is 36.9 Å². The quantitative estimate of drug-likeness (QED) is 0.819. The first kappa shape index (κ1) is 12.0. The van der Waals surface area contributed by atoms with Gasteiger partial charge in [-0.15, -0.1) is 0 Å². The molecule has 1 aliphatic rings. The number of hydrogen-bond acceptors (Lipinski definition) is 1. The molecule has 4 heteroatoms. The fourth-order valence-electron chi connectivity index (χ4n) is 2.35. The molecular weight excluding hydrogens is 276 g/mol. The molecule has 0 aromatic heterocycles. The van der Waals surface area contributed by atoms with Crippen LogP contribution in [0.3, 0.4) is 0 Å². The third-order valence-electron chi connectivity index (χ3n) is 3.03. The summed E-state index contributed by atoms with van der Waals surface area (Å²) in [4.78, 5) is 0. The van der Waals surface area contributed by atoms with Crippen molar-refractivity contribution in [1.82, 2.24) is 5.32 Å². The summed E-state index contributed by atoms with van der Waals surface area (Å²) in [6.07, 6.45) is 2.41. The largest absolute Gasteiger partial charge is 0.310 e. The maximum absolute atomic E-state index is 14.0. The summed E-state index contributed by atoms with van der Waals surface area (Å²) < 4.78 is 27.9. The molecule has 0 amide bonds. The Kier molecular flexibility index (Phi) is 3.60. The van der Waals surface area contributed by atoms with Crippen LogP contribution in [-0.2, 0) is 6.42 Å². The Bertz CT molecular complexity index is 406. The number of benzene rings is 1. The highest BCUT2D eigenvalue weighted by atomic mass is 79.9. The Balaban J connectivity index is 2.53. The fraction of sp³-hybridized carbons (Fsp3) is 0.500. The monoisotopic (exact) mass is 289 g/mol. The van der Waals surface area contributed by atoms with Gasteiger partial charge in [0.05, 0.1) is 4.47 Å². The lowest BCUT2D eigenvalue weighted by molar-refractivity contribution is 0.432. The van der Waals surface area contributed by atoms with E-state index in [4.69, 9.17) is 0 Å². The molecular formula is C12H14BrF2N. The van der Waals surface area contributed by atoms with Gasteiger partial charge >= 0.3 is 0 Å². The normalized spacial score (nSPS) is 19.6. The first-order chi connectivity index (χ1) is 7.65. The molecule has 0 aliphatic heterocycles. The lowest BCUT2D eigenvalue weighted by Crippen LogP contribution is -2.27. The predicted molar refractivity (Wildman–Crippen MR) is 63.4 cm³/mol. The Morgan fingerprint density at radius 3 is 2.94 bits per heavy atom. The maximum atomic E-state index is 14.0. The van der Waals surface area contributed by atoms with Crippen LogP contribution in [-0.4, -0.2) is 6.54 Å². The van der Waals surface area contributed by atoms with Crippen molar-refractivity contribution < 1.29 is 8.78 Å². The summed E-state index contributed by atoms with van der Waals surface area (Å²) in [5.41, 5.74) is 1.05. The lowest BCUT2D eigenvalue weighted by atomic mass is 9.87. The van der Waals surface area contributed by atoms with Crippen molar-refractivity contribution in [2.24, 2.45) is 0 Å². The zero-order valence-electron chi connectivity index (χ0n) is 9.12. The Hall–Kier alpha value is -0.480. The van der Waals surface area contributed by atoms with Crippen molar-refractivity contribution >= 4 is 15.9 Å². The van der Waals surface area contributed by atoms with Crippen LogP contribution in [0.25, 0.3) is 0 Å². The number of fused-ring (bicyclic) bond motifs is 1. The van der Waals surface area contributed by atoms with Crippen molar-refractivity contribution in [3.63, 3.8) is 0 Å². The van der Waals surface area contributed by atoms with Gasteiger partial charge < -0.3 is 5.32 Å². The lowest BCUT2D eigenvalue weighted by Gasteiger charge is -2.27. The highest BCUT2D eigenvalue weighted by Gasteiger charge is 2.27. The highest BCUT2D eigenvalue weighted by molar-refractivity contribution is 9.10. The van der Waals surface area contributed by atoms with Crippen LogP contribution in [0.15, 0.2) is 10.5 Å². The summed E-state index contributed by atoms with van der Waals surface area (Å²) in [5, 5.41) is 3.21. The summed E-state index contributed by atoms with van der Waals surface area (Å²) in [5.74, 6) is -0.618. The van der Waals surface area contributed by atoms with E-state index in [9.17, 15) is 8.78 Å². The molecule has 1 N–H and O–H groups in total. The van der Waals surface area contributed by atoms with Crippen molar-refractivity contribution in [2.45, 2.75) is 32.2 Å². The molecule has 0 fully saturated rings. The third-order valence-corrected chi connectivity index (χ3v) is 3.61. The second-order valence-electron chi connectivity index (χ2n) is 4.05. The number of hydrogen-bond donors (Lipinski definition) is 1. The molecule has 0 spiro atoms. The summed E-state index contributed by atoms with van der Waals surface area (Å²) in [6, 6.07) is 1.17. The molecule has 1 aromatic carbocycles. The van der Waals surface area contributed by atoms with E-state index in [0.717, 1.165) is 19.4 Å². The second-order valence-corrected chi connectivity index (χ2v) is 4.90. The minimum atomic E-state index is -0.318. The molecule has 0 bridgehead atoms. The minimum absolute atomic E-state index is 0.0549. The molecule has 1 unspecified atom stereocenters. The molecule has 88 valence electrons. The fourth-order valence-corrected chi connectivity index (χ4v) is 2.76. The summed E-state index contributed by atoms with van der Waals surface area (Å²) >= 11 is 3.06. The average Bonchev–Trinajstić information content (AvgIpc) is 2.26. The van der Waals surface area contributed by atoms with E-state index in [0.29, 0.717) is 17.5 Å². The molecule has 0 saturated carbocycles. The van der Waals surface area contributed by atoms with Crippen LogP contribution >= 0.6 is 15.9 Å². The van der Waals surface area contributed by atoms with E-state index in [1.165, 1.54) is 6.07 Å². The van der Waals surface area contributed by atoms with E-state index in [2.05, 4.69) is 21.2 Å². The summed E-state index contributed by atoms with van der Waals surface area (Å²) in [7, 11) is 0. The van der Waals surface area contributed by atoms with Gasteiger partial charge in [-0.25, -0.2) is 8.78 Å². The first-order valence-electron chi connectivity index (χ1n) is 5.54. The zero-order valence-corrected chi connectivity index (χ0v) is 10.7. The van der Waals surface area contributed by atoms with E-state index >= 15 is 0 Å². The zero-order chi connectivity index (χ0) is 11.7. The van der Waals surface area contributed by atoms with E-state index < -0.39 is 0 Å². The van der Waals surface area contributed by atoms with Crippen LogP contribution in [0.5, 0.6) is 0 Å². The first-order valence-corrected chi connectivity index (χ1v) is 6.34. The van der Waals surface area contributed by atoms with Gasteiger partial charge in [0.15, 0.2) is 0 Å². The molecule has 16 heavy (non-hydrogen) atoms. The van der Waals surface area contributed by atoms with Gasteiger partial charge in [0.25, 0.3) is 0 Å². The molecule has 1 aromatic rings. The van der Waals surface area contributed by atoms with Crippen molar-refractivity contribution in [3.8, 4) is 0 Å². The molecule has 1 nitrogen and oxygen atoms in total. The van der Waals surface area contributed by atoms with Gasteiger partial charge in [-0.05, 0) is 53.4 Å². The van der Waals surface area contributed by atoms with Gasteiger partial charge in [-0.3, -0.25) is 0 Å². The van der Waals surface area contributed by atoms with Crippen LogP contribution in [0.4, 0.5) is 8.78 Å². The second kappa shape index (κ2) is 4.80. The molecule has 1 atom stereocenters. The third kappa shape index (κ3) is 2.00. The van der Waals surface area contributed by atoms with Crippen molar-refractivity contribution in [3.05, 3.63) is 33.3 Å². The van der Waals surface area contributed by atoms with Gasteiger partial charge in [-0.2, -0.15) is 0 Å². The number of halogens is 3. The summed E-state index contributed by atoms with van der Waals surface area (Å²) in [6.45, 7) is 2.73. The van der Waals surface area contributed by atoms with Gasteiger partial charge in [0.2, 0.25) is 0 Å². The highest BCUT2D eigenvalue weighted by Crippen LogP contribution is 2.36. The van der Waals surface area contributed by atoms with Crippen molar-refractivity contribution in [2.75, 3.05) is 6.54 Å². The van der Waals surface area contributed by atoms with E-state index in [1.54, 1.807) is 0 Å². The van der Waals surface area contributed by atoms with E-state index in [-0.39, 0.29) is 22.1 Å².